The summed E-state index contributed by atoms with van der Waals surface area (Å²) in [5.41, 5.74) is 0. The van der Waals surface area contributed by atoms with Crippen molar-refractivity contribution in [1.29, 1.82) is 0 Å². The average Bonchev–Trinajstić information content (AvgIpc) is 2.05. The van der Waals surface area contributed by atoms with Crippen LogP contribution in [-0.4, -0.2) is 46.1 Å². The van der Waals surface area contributed by atoms with Gasteiger partial charge in [0.1, 0.15) is 0 Å². The summed E-state index contributed by atoms with van der Waals surface area (Å²) < 4.78 is 27.5. The molecule has 0 unspecified atom stereocenters. The van der Waals surface area contributed by atoms with Gasteiger partial charge in [-0.05, 0) is 0 Å². The van der Waals surface area contributed by atoms with E-state index in [2.05, 4.69) is 8.37 Å². The number of hydrogen-bond acceptors (Lipinski definition) is 6. The molecule has 70 valence electrons. The quantitative estimate of drug-likeness (QED) is 0.559. The summed E-state index contributed by atoms with van der Waals surface area (Å²) in [4.78, 5) is 0. The van der Waals surface area contributed by atoms with Gasteiger partial charge in [0.15, 0.2) is 0 Å². The number of rotatable bonds is 3. The van der Waals surface area contributed by atoms with E-state index in [0.29, 0.717) is 0 Å². The van der Waals surface area contributed by atoms with Crippen LogP contribution in [0.5, 0.6) is 0 Å². The van der Waals surface area contributed by atoms with E-state index in [4.69, 9.17) is 10.2 Å². The summed E-state index contributed by atoms with van der Waals surface area (Å²) in [7, 11) is -1.60. The minimum atomic E-state index is -3.66. The molecule has 0 fully saturated rings. The van der Waals surface area contributed by atoms with Gasteiger partial charge in [0.25, 0.3) is 0 Å². The molecule has 0 aliphatic heterocycles. The molecule has 6 nitrogen and oxygen atoms in total. The molecular formula is C4H12O6S. The van der Waals surface area contributed by atoms with Crippen LogP contribution in [0.4, 0.5) is 0 Å². The van der Waals surface area contributed by atoms with Gasteiger partial charge in [0, 0.05) is 0 Å². The second kappa shape index (κ2) is 7.89. The van der Waals surface area contributed by atoms with Crippen molar-refractivity contribution in [3.8, 4) is 0 Å². The molecule has 0 heterocycles. The first kappa shape index (κ1) is 13.4. The Balaban J connectivity index is 0. The SMILES string of the molecule is COS(=O)(=O)OC.OCCO. The molecule has 0 atom stereocenters. The smallest absolute Gasteiger partial charge is 0.394 e. The first-order valence-electron chi connectivity index (χ1n) is 2.62. The van der Waals surface area contributed by atoms with Crippen LogP contribution in [-0.2, 0) is 18.8 Å². The van der Waals surface area contributed by atoms with E-state index >= 15 is 0 Å². The lowest BCUT2D eigenvalue weighted by Gasteiger charge is -1.91. The average molecular weight is 188 g/mol. The lowest BCUT2D eigenvalue weighted by molar-refractivity contribution is 0.186. The maximum atomic E-state index is 9.92. The summed E-state index contributed by atoms with van der Waals surface area (Å²) in [6.45, 7) is -0.250. The fraction of sp³-hybridized carbons (Fsp3) is 1.00. The van der Waals surface area contributed by atoms with Gasteiger partial charge in [-0.2, -0.15) is 8.42 Å². The molecule has 0 aromatic carbocycles. The van der Waals surface area contributed by atoms with E-state index < -0.39 is 10.4 Å². The minimum Gasteiger partial charge on any atom is -0.394 e. The highest BCUT2D eigenvalue weighted by atomic mass is 32.3. The molecule has 0 aliphatic carbocycles. The molecule has 0 spiro atoms. The van der Waals surface area contributed by atoms with Crippen LogP contribution in [0, 0.1) is 0 Å². The van der Waals surface area contributed by atoms with Crippen molar-refractivity contribution < 1.29 is 27.0 Å². The molecule has 0 aromatic heterocycles. The first-order chi connectivity index (χ1) is 5.04. The van der Waals surface area contributed by atoms with Crippen LogP contribution in [0.25, 0.3) is 0 Å². The van der Waals surface area contributed by atoms with E-state index in [-0.39, 0.29) is 13.2 Å². The molecule has 0 amide bonds. The monoisotopic (exact) mass is 188 g/mol. The molecule has 0 radical (unpaired) electrons. The summed E-state index contributed by atoms with van der Waals surface area (Å²) >= 11 is 0. The first-order valence-corrected chi connectivity index (χ1v) is 3.95. The summed E-state index contributed by atoms with van der Waals surface area (Å²) in [5.74, 6) is 0. The Hall–Kier alpha value is -0.210. The Morgan fingerprint density at radius 3 is 1.36 bits per heavy atom. The van der Waals surface area contributed by atoms with Crippen molar-refractivity contribution in [2.24, 2.45) is 0 Å². The van der Waals surface area contributed by atoms with Crippen molar-refractivity contribution in [1.82, 2.24) is 0 Å². The van der Waals surface area contributed by atoms with Crippen molar-refractivity contribution in [2.45, 2.75) is 0 Å². The Kier molecular flexibility index (Phi) is 9.60. The van der Waals surface area contributed by atoms with Crippen molar-refractivity contribution in [3.05, 3.63) is 0 Å². The van der Waals surface area contributed by atoms with Crippen LogP contribution in [0.1, 0.15) is 0 Å². The van der Waals surface area contributed by atoms with Gasteiger partial charge < -0.3 is 10.2 Å². The molecule has 11 heavy (non-hydrogen) atoms. The molecule has 0 rings (SSSR count). The highest BCUT2D eigenvalue weighted by Gasteiger charge is 2.01. The predicted molar refractivity (Wildman–Crippen MR) is 37.1 cm³/mol. The van der Waals surface area contributed by atoms with E-state index in [1.807, 2.05) is 0 Å². The Bertz CT molecular complexity index is 138. The Morgan fingerprint density at radius 2 is 1.36 bits per heavy atom. The van der Waals surface area contributed by atoms with Gasteiger partial charge in [-0.25, -0.2) is 0 Å². The highest BCUT2D eigenvalue weighted by molar-refractivity contribution is 7.81. The van der Waals surface area contributed by atoms with Crippen LogP contribution >= 0.6 is 0 Å². The lowest BCUT2D eigenvalue weighted by Crippen LogP contribution is -2.02. The molecule has 0 aliphatic rings. The molecule has 0 aromatic rings. The zero-order valence-corrected chi connectivity index (χ0v) is 7.17. The summed E-state index contributed by atoms with van der Waals surface area (Å²) in [5, 5.41) is 15.2. The maximum absolute atomic E-state index is 9.92. The molecular weight excluding hydrogens is 176 g/mol. The van der Waals surface area contributed by atoms with Crippen molar-refractivity contribution in [2.75, 3.05) is 27.4 Å². The Labute approximate surface area is 65.7 Å². The summed E-state index contributed by atoms with van der Waals surface area (Å²) in [6.07, 6.45) is 0. The summed E-state index contributed by atoms with van der Waals surface area (Å²) in [6, 6.07) is 0. The van der Waals surface area contributed by atoms with Gasteiger partial charge in [0.05, 0.1) is 27.4 Å². The van der Waals surface area contributed by atoms with Crippen LogP contribution < -0.4 is 0 Å². The van der Waals surface area contributed by atoms with Crippen LogP contribution in [0.15, 0.2) is 0 Å². The van der Waals surface area contributed by atoms with Gasteiger partial charge in [-0.1, -0.05) is 0 Å². The number of hydrogen-bond donors (Lipinski definition) is 2. The predicted octanol–water partition coefficient (Wildman–Crippen LogP) is -1.51. The molecule has 7 heteroatoms. The highest BCUT2D eigenvalue weighted by Crippen LogP contribution is 1.85. The third-order valence-electron chi connectivity index (χ3n) is 0.508. The largest absolute Gasteiger partial charge is 0.399 e. The number of aliphatic hydroxyl groups is 2. The fourth-order valence-corrected chi connectivity index (χ4v) is 0.204. The van der Waals surface area contributed by atoms with Gasteiger partial charge >= 0.3 is 10.4 Å². The minimum absolute atomic E-state index is 0.125. The maximum Gasteiger partial charge on any atom is 0.399 e. The Morgan fingerprint density at radius 1 is 1.09 bits per heavy atom. The molecule has 0 saturated heterocycles. The second-order valence-electron chi connectivity index (χ2n) is 1.19. The van der Waals surface area contributed by atoms with Gasteiger partial charge in [0.2, 0.25) is 0 Å². The lowest BCUT2D eigenvalue weighted by atomic mass is 10.8. The zero-order valence-electron chi connectivity index (χ0n) is 6.35. The van der Waals surface area contributed by atoms with E-state index in [0.717, 1.165) is 14.2 Å². The van der Waals surface area contributed by atoms with E-state index in [9.17, 15) is 8.42 Å². The van der Waals surface area contributed by atoms with E-state index in [1.54, 1.807) is 0 Å². The molecule has 0 saturated carbocycles. The van der Waals surface area contributed by atoms with Gasteiger partial charge in [-0.3, -0.25) is 8.37 Å². The van der Waals surface area contributed by atoms with E-state index in [1.165, 1.54) is 0 Å². The third-order valence-corrected chi connectivity index (χ3v) is 1.32. The topological polar surface area (TPSA) is 93.1 Å². The van der Waals surface area contributed by atoms with Crippen LogP contribution in [0.3, 0.4) is 0 Å². The zero-order chi connectivity index (χ0) is 9.33. The van der Waals surface area contributed by atoms with Crippen molar-refractivity contribution >= 4 is 10.4 Å². The second-order valence-corrected chi connectivity index (χ2v) is 2.67. The van der Waals surface area contributed by atoms with Crippen LogP contribution in [0.2, 0.25) is 0 Å². The number of aliphatic hydroxyl groups excluding tert-OH is 2. The van der Waals surface area contributed by atoms with Gasteiger partial charge in [-0.15, -0.1) is 0 Å². The molecule has 2 N–H and O–H groups in total. The normalized spacial score (nSPS) is 10.2. The third kappa shape index (κ3) is 12.9. The van der Waals surface area contributed by atoms with Crippen molar-refractivity contribution in [3.63, 3.8) is 0 Å². The molecule has 0 bridgehead atoms. The fourth-order valence-electron chi connectivity index (χ4n) is 0.0680. The standard InChI is InChI=1S/C2H6O4S.C2H6O2/c1-5-7(3,4)6-2;3-1-2-4/h1-2H3;3-4H,1-2H2.